The number of aliphatic hydroxyl groups is 2. The van der Waals surface area contributed by atoms with E-state index in [0.29, 0.717) is 0 Å². The number of aliphatic hydroxyl groups excluding tert-OH is 2. The van der Waals surface area contributed by atoms with E-state index in [2.05, 4.69) is 0 Å². The van der Waals surface area contributed by atoms with Crippen molar-refractivity contribution in [2.75, 3.05) is 26.9 Å². The quantitative estimate of drug-likeness (QED) is 0.0232. The van der Waals surface area contributed by atoms with E-state index in [1.165, 1.54) is 21.0 Å². The molecule has 2 heterocycles. The summed E-state index contributed by atoms with van der Waals surface area (Å²) in [5.41, 5.74) is 5.02. The molecule has 0 bridgehead atoms. The van der Waals surface area contributed by atoms with Crippen molar-refractivity contribution in [3.63, 3.8) is 0 Å². The van der Waals surface area contributed by atoms with Gasteiger partial charge in [-0.1, -0.05) is 182 Å². The number of hydrogen-bond acceptors (Lipinski definition) is 18. The Morgan fingerprint density at radius 1 is 0.494 bits per heavy atom. The van der Waals surface area contributed by atoms with Crippen molar-refractivity contribution in [2.24, 2.45) is 0 Å². The third kappa shape index (κ3) is 19.1. The molecule has 2 fully saturated rings. The number of carbonyl (C=O) groups is 2. The predicted molar refractivity (Wildman–Crippen MR) is 301 cm³/mol. The van der Waals surface area contributed by atoms with Crippen LogP contribution in [0.3, 0.4) is 0 Å². The van der Waals surface area contributed by atoms with E-state index >= 15 is 0 Å². The molecule has 2 N–H and O–H groups in total. The van der Waals surface area contributed by atoms with E-state index in [0.717, 1.165) is 33.4 Å². The van der Waals surface area contributed by atoms with Gasteiger partial charge in [0.1, 0.15) is 54.9 Å². The van der Waals surface area contributed by atoms with Gasteiger partial charge in [0.15, 0.2) is 24.8 Å². The first kappa shape index (κ1) is 62.7. The van der Waals surface area contributed by atoms with Gasteiger partial charge in [0.25, 0.3) is 0 Å². The summed E-state index contributed by atoms with van der Waals surface area (Å²) >= 11 is 0. The number of esters is 2. The molecule has 0 radical (unpaired) electrons. The maximum Gasteiger partial charge on any atom is 0.303 e. The van der Waals surface area contributed by atoms with Gasteiger partial charge in [-0.05, 0) is 40.3 Å². The van der Waals surface area contributed by atoms with E-state index in [1.807, 2.05) is 189 Å². The Kier molecular flexibility index (Phi) is 25.1. The monoisotopic (exact) mass is 1140 g/mol. The second kappa shape index (κ2) is 33.3. The normalized spacial score (nSPS) is 24.0. The fraction of sp³-hybridized carbons (Fsp3) is 0.415. The zero-order valence-electron chi connectivity index (χ0n) is 47.2. The van der Waals surface area contributed by atoms with E-state index in [1.54, 1.807) is 0 Å². The van der Waals surface area contributed by atoms with Crippen LogP contribution >= 0.6 is 0 Å². The van der Waals surface area contributed by atoms with Crippen LogP contribution in [0.5, 0.6) is 0 Å². The summed E-state index contributed by atoms with van der Waals surface area (Å²) in [6.45, 7) is 3.92. The molecule has 444 valence electrons. The molecule has 0 saturated carbocycles. The second-order valence-corrected chi connectivity index (χ2v) is 20.2. The molecular weight excluding hydrogens is 1070 g/mol. The zero-order valence-corrected chi connectivity index (χ0v) is 47.2. The second-order valence-electron chi connectivity index (χ2n) is 20.2. The molecule has 0 aliphatic carbocycles. The summed E-state index contributed by atoms with van der Waals surface area (Å²) in [5, 5.41) is 23.7. The first-order valence-electron chi connectivity index (χ1n) is 27.9. The first-order chi connectivity index (χ1) is 40.6. The third-order valence-corrected chi connectivity index (χ3v) is 13.9. The molecule has 83 heavy (non-hydrogen) atoms. The van der Waals surface area contributed by atoms with Gasteiger partial charge in [0, 0.05) is 13.8 Å². The van der Waals surface area contributed by atoms with Gasteiger partial charge in [-0.2, -0.15) is 0 Å². The number of ether oxygens (including phenoxy) is 12. The molecule has 8 rings (SSSR count). The highest BCUT2D eigenvalue weighted by atomic mass is 17.2. The van der Waals surface area contributed by atoms with Gasteiger partial charge in [-0.15, -0.1) is 0 Å². The van der Waals surface area contributed by atoms with Crippen molar-refractivity contribution in [2.45, 2.75) is 146 Å². The van der Waals surface area contributed by atoms with Crippen LogP contribution in [0.4, 0.5) is 0 Å². The van der Waals surface area contributed by atoms with E-state index < -0.39 is 104 Å². The third-order valence-electron chi connectivity index (χ3n) is 13.9. The Morgan fingerprint density at radius 2 is 0.916 bits per heavy atom. The summed E-state index contributed by atoms with van der Waals surface area (Å²) in [5.74, 6) is -1.47. The van der Waals surface area contributed by atoms with Crippen LogP contribution in [0, 0.1) is 0 Å². The number of rotatable bonds is 32. The average Bonchev–Trinajstić information content (AvgIpc) is 3.03. The molecule has 2 aliphatic heterocycles. The van der Waals surface area contributed by atoms with Gasteiger partial charge in [0.2, 0.25) is 0 Å². The van der Waals surface area contributed by atoms with Crippen LogP contribution in [0.2, 0.25) is 0 Å². The lowest BCUT2D eigenvalue weighted by Crippen LogP contribution is -2.67. The SMILES string of the molecule is COOC(COCc1ccccc1)[C@@H](OCc1ccccc1)C(O[C@H]1OC(CO)[C@@H](O[C@H]2OC(COCc3ccccc3)[C@@H](O)C(OCc3ccccc3)C2OC(C)=O)C(OCc2ccccc2)C1OC(C)=O)[C@@H](C)OCc1ccccc1. The molecule has 8 unspecified atom stereocenters. The van der Waals surface area contributed by atoms with E-state index in [9.17, 15) is 19.8 Å². The molecule has 6 aromatic carbocycles. The molecule has 2 saturated heterocycles. The van der Waals surface area contributed by atoms with Crippen LogP contribution in [0.1, 0.15) is 54.2 Å². The van der Waals surface area contributed by atoms with Gasteiger partial charge >= 0.3 is 11.9 Å². The summed E-state index contributed by atoms with van der Waals surface area (Å²) < 4.78 is 79.0. The number of carbonyl (C=O) groups excluding carboxylic acids is 2. The molecule has 0 spiro atoms. The van der Waals surface area contributed by atoms with Crippen molar-refractivity contribution >= 4 is 11.9 Å². The zero-order chi connectivity index (χ0) is 58.2. The highest BCUT2D eigenvalue weighted by Gasteiger charge is 2.56. The van der Waals surface area contributed by atoms with Gasteiger partial charge in [-0.25, -0.2) is 9.78 Å². The Morgan fingerprint density at radius 3 is 1.39 bits per heavy atom. The Bertz CT molecular complexity index is 2750. The van der Waals surface area contributed by atoms with Crippen molar-refractivity contribution < 1.29 is 86.4 Å². The molecule has 6 aromatic rings. The fourth-order valence-electron chi connectivity index (χ4n) is 9.86. The van der Waals surface area contributed by atoms with Gasteiger partial charge < -0.3 is 67.1 Å². The average molecular weight is 1150 g/mol. The Hall–Kier alpha value is -6.30. The molecule has 18 nitrogen and oxygen atoms in total. The maximum absolute atomic E-state index is 13.6. The lowest BCUT2D eigenvalue weighted by atomic mass is 9.95. The van der Waals surface area contributed by atoms with Crippen LogP contribution in [0.15, 0.2) is 182 Å². The lowest BCUT2D eigenvalue weighted by Gasteiger charge is -2.49. The number of benzene rings is 6. The summed E-state index contributed by atoms with van der Waals surface area (Å²) in [6.07, 6.45) is -18.0. The molecule has 14 atom stereocenters. The maximum atomic E-state index is 13.6. The van der Waals surface area contributed by atoms with E-state index in [4.69, 9.17) is 66.6 Å². The highest BCUT2D eigenvalue weighted by molar-refractivity contribution is 5.66. The summed E-state index contributed by atoms with van der Waals surface area (Å²) in [6, 6.07) is 56.8. The molecule has 0 aromatic heterocycles. The summed E-state index contributed by atoms with van der Waals surface area (Å²) in [4.78, 5) is 38.1. The Balaban J connectivity index is 1.17. The van der Waals surface area contributed by atoms with Crippen LogP contribution in [-0.2, 0) is 116 Å². The molecular formula is C65H76O18. The van der Waals surface area contributed by atoms with Crippen LogP contribution < -0.4 is 0 Å². The van der Waals surface area contributed by atoms with Crippen molar-refractivity contribution in [3.05, 3.63) is 215 Å². The molecule has 18 heteroatoms. The van der Waals surface area contributed by atoms with Crippen LogP contribution in [0.25, 0.3) is 0 Å². The van der Waals surface area contributed by atoms with Crippen LogP contribution in [-0.4, -0.2) is 135 Å². The van der Waals surface area contributed by atoms with Gasteiger partial charge in [0.05, 0.1) is 72.7 Å². The Labute approximate surface area is 485 Å². The minimum atomic E-state index is -1.56. The van der Waals surface area contributed by atoms with Crippen molar-refractivity contribution in [1.29, 1.82) is 0 Å². The van der Waals surface area contributed by atoms with Gasteiger partial charge in [-0.3, -0.25) is 9.59 Å². The topological polar surface area (TPSA) is 204 Å². The molecule has 0 amide bonds. The largest absolute Gasteiger partial charge is 0.454 e. The molecule has 2 aliphatic rings. The lowest BCUT2D eigenvalue weighted by molar-refractivity contribution is -0.381. The van der Waals surface area contributed by atoms with Crippen molar-refractivity contribution in [3.8, 4) is 0 Å². The van der Waals surface area contributed by atoms with E-state index in [-0.39, 0.29) is 52.9 Å². The predicted octanol–water partition coefficient (Wildman–Crippen LogP) is 8.16. The minimum absolute atomic E-state index is 0.00689. The summed E-state index contributed by atoms with van der Waals surface area (Å²) in [7, 11) is 1.38. The minimum Gasteiger partial charge on any atom is -0.454 e. The highest BCUT2D eigenvalue weighted by Crippen LogP contribution is 2.37. The first-order valence-corrected chi connectivity index (χ1v) is 27.9. The van der Waals surface area contributed by atoms with Crippen molar-refractivity contribution in [1.82, 2.24) is 0 Å². The smallest absolute Gasteiger partial charge is 0.303 e. The number of hydrogen-bond donors (Lipinski definition) is 2. The fourth-order valence-corrected chi connectivity index (χ4v) is 9.86. The standard InChI is InChI=1S/C65H76O18/c1-44(73-38-49-27-15-7-16-28-49)57(58(74-39-50-29-17-8-18-30-50)55(83-70-4)43-72-37-48-25-13-6-14-26-48)81-65-63(78-46(3)68)61(76-41-52-33-21-10-22-34-52)59(53(35-66)79-65)82-64-62(77-45(2)67)60(75-40-51-31-19-9-20-32-51)56(69)54(80-64)42-71-36-47-23-11-5-12-24-47/h5-34,44,53-66,69H,35-43H2,1-4H3/t44-,53?,54?,55?,56-,57?,58-,59-,60?,61?,62?,63?,64-,65-/m1/s1.